The van der Waals surface area contributed by atoms with Gasteiger partial charge in [0.2, 0.25) is 0 Å². The summed E-state index contributed by atoms with van der Waals surface area (Å²) in [5, 5.41) is 14.2. The summed E-state index contributed by atoms with van der Waals surface area (Å²) >= 11 is 0. The van der Waals surface area contributed by atoms with E-state index in [-0.39, 0.29) is 5.69 Å². The third-order valence-electron chi connectivity index (χ3n) is 2.16. The molecular weight excluding hydrogens is 251 g/mol. The van der Waals surface area contributed by atoms with Gasteiger partial charge in [0.15, 0.2) is 5.69 Å². The highest BCUT2D eigenvalue weighted by Crippen LogP contribution is 2.32. The zero-order valence-electron chi connectivity index (χ0n) is 8.68. The van der Waals surface area contributed by atoms with Crippen molar-refractivity contribution in [2.45, 2.75) is 6.18 Å². The lowest BCUT2D eigenvalue weighted by Crippen LogP contribution is -2.14. The van der Waals surface area contributed by atoms with Crippen molar-refractivity contribution >= 4 is 5.69 Å². The summed E-state index contributed by atoms with van der Waals surface area (Å²) < 4.78 is 38.4. The van der Waals surface area contributed by atoms with Crippen molar-refractivity contribution in [1.82, 2.24) is 9.78 Å². The van der Waals surface area contributed by atoms with Crippen molar-refractivity contribution in [3.05, 3.63) is 52.3 Å². The van der Waals surface area contributed by atoms with E-state index >= 15 is 0 Å². The van der Waals surface area contributed by atoms with Gasteiger partial charge in [0.05, 0.1) is 11.1 Å². The first-order valence-electron chi connectivity index (χ1n) is 4.68. The Morgan fingerprint density at radius 3 is 2.61 bits per heavy atom. The van der Waals surface area contributed by atoms with Crippen LogP contribution in [-0.2, 0) is 6.18 Å². The van der Waals surface area contributed by atoms with E-state index < -0.39 is 22.5 Å². The third kappa shape index (κ3) is 2.04. The Bertz CT molecular complexity index is 592. The fraction of sp³-hybridized carbons (Fsp3) is 0.100. The Morgan fingerprint density at radius 2 is 2.00 bits per heavy atom. The molecule has 0 atom stereocenters. The van der Waals surface area contributed by atoms with E-state index in [0.29, 0.717) is 4.68 Å². The van der Waals surface area contributed by atoms with Crippen LogP contribution in [-0.4, -0.2) is 14.7 Å². The molecule has 2 aromatic rings. The number of benzene rings is 1. The molecule has 0 aliphatic carbocycles. The van der Waals surface area contributed by atoms with Gasteiger partial charge in [-0.05, 0) is 6.07 Å². The van der Waals surface area contributed by atoms with Crippen LogP contribution in [0.4, 0.5) is 18.9 Å². The first-order valence-corrected chi connectivity index (χ1v) is 4.68. The van der Waals surface area contributed by atoms with E-state index in [9.17, 15) is 23.3 Å². The Morgan fingerprint density at radius 1 is 1.33 bits per heavy atom. The molecule has 1 heterocycles. The molecule has 8 heteroatoms. The van der Waals surface area contributed by atoms with E-state index in [2.05, 4.69) is 5.10 Å². The van der Waals surface area contributed by atoms with Crippen molar-refractivity contribution in [3.63, 3.8) is 0 Å². The van der Waals surface area contributed by atoms with Crippen LogP contribution >= 0.6 is 0 Å². The number of aromatic nitrogens is 2. The number of nitrogens with zero attached hydrogens (tertiary/aromatic N) is 3. The number of hydrogen-bond acceptors (Lipinski definition) is 3. The minimum Gasteiger partial charge on any atom is -0.258 e. The highest BCUT2D eigenvalue weighted by molar-refractivity contribution is 5.52. The highest BCUT2D eigenvalue weighted by atomic mass is 19.4. The zero-order valence-corrected chi connectivity index (χ0v) is 8.68. The monoisotopic (exact) mass is 256 g/mol. The summed E-state index contributed by atoms with van der Waals surface area (Å²) in [6, 6.07) is 6.97. The van der Waals surface area contributed by atoms with Gasteiger partial charge in [-0.25, -0.2) is 4.68 Å². The van der Waals surface area contributed by atoms with Gasteiger partial charge in [0, 0.05) is 12.1 Å². The lowest BCUT2D eigenvalue weighted by Gasteiger charge is -2.09. The van der Waals surface area contributed by atoms with Gasteiger partial charge in [-0.3, -0.25) is 10.1 Å². The maximum absolute atomic E-state index is 12.6. The fourth-order valence-corrected chi connectivity index (χ4v) is 1.45. The minimum atomic E-state index is -4.68. The molecule has 0 fully saturated rings. The zero-order chi connectivity index (χ0) is 13.3. The van der Waals surface area contributed by atoms with Crippen LogP contribution in [0, 0.1) is 16.2 Å². The molecule has 0 saturated carbocycles. The SMILES string of the molecule is O=[N+]([O-])c1ccccc1-n1nc[c]c1C(F)(F)F. The predicted octanol–water partition coefficient (Wildman–Crippen LogP) is 2.60. The van der Waals surface area contributed by atoms with Crippen molar-refractivity contribution in [2.75, 3.05) is 0 Å². The number of halogens is 3. The van der Waals surface area contributed by atoms with Crippen LogP contribution in [0.15, 0.2) is 30.5 Å². The summed E-state index contributed by atoms with van der Waals surface area (Å²) in [5.41, 5.74) is -1.90. The first kappa shape index (κ1) is 12.1. The van der Waals surface area contributed by atoms with Crippen molar-refractivity contribution in [3.8, 4) is 5.69 Å². The van der Waals surface area contributed by atoms with Gasteiger partial charge < -0.3 is 0 Å². The molecule has 0 saturated heterocycles. The lowest BCUT2D eigenvalue weighted by atomic mass is 10.2. The van der Waals surface area contributed by atoms with Crippen LogP contribution in [0.2, 0.25) is 0 Å². The molecule has 2 rings (SSSR count). The Kier molecular flexibility index (Phi) is 2.77. The topological polar surface area (TPSA) is 61.0 Å². The van der Waals surface area contributed by atoms with Gasteiger partial charge in [-0.2, -0.15) is 18.3 Å². The summed E-state index contributed by atoms with van der Waals surface area (Å²) in [5.74, 6) is 0. The van der Waals surface area contributed by atoms with Gasteiger partial charge >= 0.3 is 6.18 Å². The largest absolute Gasteiger partial charge is 0.434 e. The quantitative estimate of drug-likeness (QED) is 0.612. The van der Waals surface area contributed by atoms with Crippen LogP contribution in [0.3, 0.4) is 0 Å². The summed E-state index contributed by atoms with van der Waals surface area (Å²) in [6.45, 7) is 0. The van der Waals surface area contributed by atoms with Crippen LogP contribution in [0.1, 0.15) is 5.69 Å². The van der Waals surface area contributed by atoms with E-state index in [1.165, 1.54) is 18.2 Å². The van der Waals surface area contributed by atoms with E-state index in [0.717, 1.165) is 12.3 Å². The highest BCUT2D eigenvalue weighted by Gasteiger charge is 2.36. The number of rotatable bonds is 2. The van der Waals surface area contributed by atoms with Crippen molar-refractivity contribution in [1.29, 1.82) is 0 Å². The number of nitro benzene ring substituents is 1. The van der Waals surface area contributed by atoms with E-state index in [1.54, 1.807) is 0 Å². The fourth-order valence-electron chi connectivity index (χ4n) is 1.45. The summed E-state index contributed by atoms with van der Waals surface area (Å²) in [7, 11) is 0. The summed E-state index contributed by atoms with van der Waals surface area (Å²) in [6.07, 6.45) is -3.86. The smallest absolute Gasteiger partial charge is 0.258 e. The molecule has 1 radical (unpaired) electrons. The van der Waals surface area contributed by atoms with Gasteiger partial charge in [0.25, 0.3) is 5.69 Å². The molecule has 5 nitrogen and oxygen atoms in total. The molecule has 0 bridgehead atoms. The third-order valence-corrected chi connectivity index (χ3v) is 2.16. The average molecular weight is 256 g/mol. The van der Waals surface area contributed by atoms with E-state index in [1.807, 2.05) is 6.07 Å². The lowest BCUT2D eigenvalue weighted by molar-refractivity contribution is -0.384. The molecular formula is C10H5F3N3O2. The Labute approximate surface area is 98.6 Å². The van der Waals surface area contributed by atoms with Crippen LogP contribution < -0.4 is 0 Å². The number of hydrogen-bond donors (Lipinski definition) is 0. The number of para-hydroxylation sites is 2. The molecule has 0 aliphatic heterocycles. The second-order valence-corrected chi connectivity index (χ2v) is 3.29. The predicted molar refractivity (Wildman–Crippen MR) is 54.1 cm³/mol. The van der Waals surface area contributed by atoms with Gasteiger partial charge in [-0.15, -0.1) is 0 Å². The van der Waals surface area contributed by atoms with Crippen LogP contribution in [0.5, 0.6) is 0 Å². The molecule has 0 aliphatic rings. The standard InChI is InChI=1S/C10H5F3N3O2/c11-10(12,13)9-5-6-14-15(9)7-3-1-2-4-8(7)16(17)18/h1-4,6H. The maximum atomic E-state index is 12.6. The number of nitro groups is 1. The second-order valence-electron chi connectivity index (χ2n) is 3.29. The average Bonchev–Trinajstić information content (AvgIpc) is 2.77. The molecule has 1 aromatic heterocycles. The molecule has 0 amide bonds. The molecule has 18 heavy (non-hydrogen) atoms. The van der Waals surface area contributed by atoms with Gasteiger partial charge in [-0.1, -0.05) is 12.1 Å². The second kappa shape index (κ2) is 4.13. The first-order chi connectivity index (χ1) is 8.41. The normalized spacial score (nSPS) is 11.5. The molecule has 93 valence electrons. The van der Waals surface area contributed by atoms with Crippen molar-refractivity contribution in [2.24, 2.45) is 0 Å². The number of alkyl halides is 3. The Balaban J connectivity index is 2.64. The van der Waals surface area contributed by atoms with Crippen LogP contribution in [0.25, 0.3) is 5.69 Å². The Hall–Kier alpha value is -2.38. The minimum absolute atomic E-state index is 0.254. The molecule has 0 unspecified atom stereocenters. The molecule has 1 aromatic carbocycles. The van der Waals surface area contributed by atoms with Crippen molar-refractivity contribution < 1.29 is 18.1 Å². The maximum Gasteiger partial charge on any atom is 0.434 e. The van der Waals surface area contributed by atoms with Gasteiger partial charge in [0.1, 0.15) is 5.69 Å². The van der Waals surface area contributed by atoms with E-state index in [4.69, 9.17) is 0 Å². The molecule has 0 spiro atoms. The summed E-state index contributed by atoms with van der Waals surface area (Å²) in [4.78, 5) is 9.98. The molecule has 0 N–H and O–H groups in total.